The second-order valence-electron chi connectivity index (χ2n) is 4.34. The molecular formula is C14H12FNO4S. The van der Waals surface area contributed by atoms with Gasteiger partial charge in [0.15, 0.2) is 0 Å². The van der Waals surface area contributed by atoms with Gasteiger partial charge in [0, 0.05) is 0 Å². The van der Waals surface area contributed by atoms with Gasteiger partial charge in [-0.3, -0.25) is 4.72 Å². The molecule has 110 valence electrons. The molecule has 0 spiro atoms. The van der Waals surface area contributed by atoms with Crippen LogP contribution in [0.3, 0.4) is 0 Å². The first-order valence-electron chi connectivity index (χ1n) is 5.93. The predicted molar refractivity (Wildman–Crippen MR) is 75.3 cm³/mol. The number of halogens is 1. The zero-order valence-corrected chi connectivity index (χ0v) is 11.8. The first-order chi connectivity index (χ1) is 9.83. The minimum Gasteiger partial charge on any atom is -0.478 e. The molecule has 7 heteroatoms. The SMILES string of the molecule is Cc1cccc(NS(=O)(=O)c2ccccc2F)c1C(=O)O. The molecule has 2 aromatic rings. The molecule has 5 nitrogen and oxygen atoms in total. The van der Waals surface area contributed by atoms with Crippen LogP contribution in [0.15, 0.2) is 47.4 Å². The van der Waals surface area contributed by atoms with Crippen LogP contribution in [0, 0.1) is 12.7 Å². The number of carboxylic acid groups (broad SMARTS) is 1. The van der Waals surface area contributed by atoms with Crippen LogP contribution >= 0.6 is 0 Å². The largest absolute Gasteiger partial charge is 0.478 e. The summed E-state index contributed by atoms with van der Waals surface area (Å²) in [5.74, 6) is -2.17. The maximum atomic E-state index is 13.6. The van der Waals surface area contributed by atoms with E-state index in [-0.39, 0.29) is 11.3 Å². The van der Waals surface area contributed by atoms with Gasteiger partial charge in [0.1, 0.15) is 10.7 Å². The van der Waals surface area contributed by atoms with Crippen LogP contribution in [-0.4, -0.2) is 19.5 Å². The van der Waals surface area contributed by atoms with Gasteiger partial charge in [0.05, 0.1) is 11.3 Å². The molecule has 0 bridgehead atoms. The Morgan fingerprint density at radius 2 is 1.81 bits per heavy atom. The molecule has 0 fully saturated rings. The van der Waals surface area contributed by atoms with Gasteiger partial charge in [-0.1, -0.05) is 24.3 Å². The summed E-state index contributed by atoms with van der Waals surface area (Å²) in [6, 6.07) is 9.24. The quantitative estimate of drug-likeness (QED) is 0.909. The van der Waals surface area contributed by atoms with E-state index in [2.05, 4.69) is 4.72 Å². The van der Waals surface area contributed by atoms with Crippen molar-refractivity contribution >= 4 is 21.7 Å². The van der Waals surface area contributed by atoms with Crippen LogP contribution in [0.4, 0.5) is 10.1 Å². The monoisotopic (exact) mass is 309 g/mol. The molecule has 2 aromatic carbocycles. The zero-order chi connectivity index (χ0) is 15.6. The first kappa shape index (κ1) is 15.0. The minimum atomic E-state index is -4.21. The Labute approximate surface area is 121 Å². The van der Waals surface area contributed by atoms with Gasteiger partial charge in [-0.05, 0) is 30.7 Å². The highest BCUT2D eigenvalue weighted by atomic mass is 32.2. The summed E-state index contributed by atoms with van der Waals surface area (Å²) < 4.78 is 40.0. The highest BCUT2D eigenvalue weighted by Gasteiger charge is 2.22. The van der Waals surface area contributed by atoms with Crippen LogP contribution in [0.5, 0.6) is 0 Å². The van der Waals surface area contributed by atoms with Crippen LogP contribution in [0.1, 0.15) is 15.9 Å². The van der Waals surface area contributed by atoms with Crippen molar-refractivity contribution in [3.8, 4) is 0 Å². The molecule has 2 rings (SSSR count). The predicted octanol–water partition coefficient (Wildman–Crippen LogP) is 2.63. The van der Waals surface area contributed by atoms with E-state index >= 15 is 0 Å². The number of anilines is 1. The lowest BCUT2D eigenvalue weighted by molar-refractivity contribution is 0.0697. The summed E-state index contributed by atoms with van der Waals surface area (Å²) in [5, 5.41) is 9.16. The number of benzene rings is 2. The van der Waals surface area contributed by atoms with E-state index in [4.69, 9.17) is 5.11 Å². The lowest BCUT2D eigenvalue weighted by atomic mass is 10.1. The number of carbonyl (C=O) groups is 1. The number of rotatable bonds is 4. The molecule has 0 saturated carbocycles. The van der Waals surface area contributed by atoms with Gasteiger partial charge < -0.3 is 5.11 Å². The van der Waals surface area contributed by atoms with E-state index in [9.17, 15) is 17.6 Å². The summed E-state index contributed by atoms with van der Waals surface area (Å²) in [6.45, 7) is 1.55. The maximum absolute atomic E-state index is 13.6. The molecule has 21 heavy (non-hydrogen) atoms. The Morgan fingerprint density at radius 3 is 2.43 bits per heavy atom. The van der Waals surface area contributed by atoms with Crippen molar-refractivity contribution in [3.05, 3.63) is 59.4 Å². The van der Waals surface area contributed by atoms with Crippen LogP contribution in [0.2, 0.25) is 0 Å². The summed E-state index contributed by atoms with van der Waals surface area (Å²) in [4.78, 5) is 10.7. The number of sulfonamides is 1. The summed E-state index contributed by atoms with van der Waals surface area (Å²) in [5.41, 5.74) is 0.124. The van der Waals surface area contributed by atoms with E-state index in [1.165, 1.54) is 24.3 Å². The Morgan fingerprint density at radius 1 is 1.14 bits per heavy atom. The molecule has 2 N–H and O–H groups in total. The highest BCUT2D eigenvalue weighted by molar-refractivity contribution is 7.92. The zero-order valence-electron chi connectivity index (χ0n) is 11.0. The van der Waals surface area contributed by atoms with Crippen LogP contribution in [-0.2, 0) is 10.0 Å². The molecule has 0 radical (unpaired) electrons. The fraction of sp³-hybridized carbons (Fsp3) is 0.0714. The molecule has 0 aliphatic rings. The van der Waals surface area contributed by atoms with E-state index in [0.717, 1.165) is 12.1 Å². The standard InChI is InChI=1S/C14H12FNO4S/c1-9-5-4-7-11(13(9)14(17)18)16-21(19,20)12-8-3-2-6-10(12)15/h2-8,16H,1H3,(H,17,18). The van der Waals surface area contributed by atoms with E-state index < -0.39 is 26.7 Å². The van der Waals surface area contributed by atoms with Crippen molar-refractivity contribution in [1.82, 2.24) is 0 Å². The normalized spacial score (nSPS) is 11.1. The second-order valence-corrected chi connectivity index (χ2v) is 5.99. The van der Waals surface area contributed by atoms with Gasteiger partial charge in [-0.2, -0.15) is 0 Å². The summed E-state index contributed by atoms with van der Waals surface area (Å²) >= 11 is 0. The Kier molecular flexibility index (Phi) is 3.95. The van der Waals surface area contributed by atoms with E-state index in [1.54, 1.807) is 13.0 Å². The average Bonchev–Trinajstić information content (AvgIpc) is 2.38. The number of hydrogen-bond acceptors (Lipinski definition) is 3. The Bertz CT molecular complexity index is 802. The lowest BCUT2D eigenvalue weighted by Crippen LogP contribution is -2.17. The lowest BCUT2D eigenvalue weighted by Gasteiger charge is -2.12. The molecule has 0 amide bonds. The van der Waals surface area contributed by atoms with Gasteiger partial charge >= 0.3 is 5.97 Å². The van der Waals surface area contributed by atoms with Crippen molar-refractivity contribution in [1.29, 1.82) is 0 Å². The fourth-order valence-electron chi connectivity index (χ4n) is 1.90. The number of carboxylic acids is 1. The smallest absolute Gasteiger partial charge is 0.338 e. The van der Waals surface area contributed by atoms with E-state index in [1.807, 2.05) is 0 Å². The van der Waals surface area contributed by atoms with Crippen molar-refractivity contribution in [2.75, 3.05) is 4.72 Å². The van der Waals surface area contributed by atoms with Crippen LogP contribution in [0.25, 0.3) is 0 Å². The third-order valence-corrected chi connectivity index (χ3v) is 4.26. The summed E-state index contributed by atoms with van der Waals surface area (Å²) in [6.07, 6.45) is 0. The third kappa shape index (κ3) is 3.03. The average molecular weight is 309 g/mol. The van der Waals surface area contributed by atoms with Gasteiger partial charge in [0.25, 0.3) is 10.0 Å². The molecule has 0 aromatic heterocycles. The molecule has 0 aliphatic carbocycles. The van der Waals surface area contributed by atoms with Gasteiger partial charge in [0.2, 0.25) is 0 Å². The number of aromatic carboxylic acids is 1. The van der Waals surface area contributed by atoms with Crippen molar-refractivity contribution in [2.24, 2.45) is 0 Å². The van der Waals surface area contributed by atoms with Crippen molar-refractivity contribution in [3.63, 3.8) is 0 Å². The van der Waals surface area contributed by atoms with E-state index in [0.29, 0.717) is 5.56 Å². The molecule has 0 heterocycles. The third-order valence-electron chi connectivity index (χ3n) is 2.86. The Hall–Kier alpha value is -2.41. The molecule has 0 atom stereocenters. The minimum absolute atomic E-state index is 0.106. The van der Waals surface area contributed by atoms with Gasteiger partial charge in [-0.25, -0.2) is 17.6 Å². The van der Waals surface area contributed by atoms with Crippen molar-refractivity contribution in [2.45, 2.75) is 11.8 Å². The molecule has 0 aliphatic heterocycles. The van der Waals surface area contributed by atoms with Gasteiger partial charge in [-0.15, -0.1) is 0 Å². The number of aryl methyl sites for hydroxylation is 1. The highest BCUT2D eigenvalue weighted by Crippen LogP contribution is 2.24. The molecule has 0 saturated heterocycles. The maximum Gasteiger partial charge on any atom is 0.338 e. The second kappa shape index (κ2) is 5.53. The number of hydrogen-bond donors (Lipinski definition) is 2. The van der Waals surface area contributed by atoms with Crippen LogP contribution < -0.4 is 4.72 Å². The fourth-order valence-corrected chi connectivity index (χ4v) is 3.05. The first-order valence-corrected chi connectivity index (χ1v) is 7.41. The molecular weight excluding hydrogens is 297 g/mol. The summed E-state index contributed by atoms with van der Waals surface area (Å²) in [7, 11) is -4.21. The molecule has 0 unspecified atom stereocenters. The Balaban J connectivity index is 2.50. The number of nitrogens with one attached hydrogen (secondary N) is 1. The topological polar surface area (TPSA) is 83.5 Å². The van der Waals surface area contributed by atoms with Crippen molar-refractivity contribution < 1.29 is 22.7 Å².